The van der Waals surface area contributed by atoms with Gasteiger partial charge >= 0.3 is 5.97 Å². The molecule has 0 radical (unpaired) electrons. The van der Waals surface area contributed by atoms with Crippen LogP contribution in [0.2, 0.25) is 0 Å². The van der Waals surface area contributed by atoms with E-state index in [2.05, 4.69) is 5.16 Å². The molecule has 4 atom stereocenters. The molecule has 0 saturated heterocycles. The van der Waals surface area contributed by atoms with Gasteiger partial charge in [0.05, 0.1) is 17.9 Å². The number of halogens is 2. The molecule has 0 bridgehead atoms. The average Bonchev–Trinajstić information content (AvgIpc) is 3.01. The van der Waals surface area contributed by atoms with E-state index in [-0.39, 0.29) is 18.3 Å². The molecule has 1 aromatic carbocycles. The van der Waals surface area contributed by atoms with E-state index in [1.54, 1.807) is 0 Å². The van der Waals surface area contributed by atoms with Crippen molar-refractivity contribution < 1.29 is 34.1 Å². The highest BCUT2D eigenvalue weighted by molar-refractivity contribution is 5.89. The fourth-order valence-corrected chi connectivity index (χ4v) is 4.54. The van der Waals surface area contributed by atoms with Gasteiger partial charge in [-0.3, -0.25) is 4.79 Å². The lowest BCUT2D eigenvalue weighted by atomic mass is 9.84. The van der Waals surface area contributed by atoms with Gasteiger partial charge in [-0.15, -0.1) is 0 Å². The summed E-state index contributed by atoms with van der Waals surface area (Å²) >= 11 is 0. The lowest BCUT2D eigenvalue weighted by molar-refractivity contribution is -0.137. The normalized spacial score (nSPS) is 23.4. The molecular formula is C23H33F2NO5. The summed E-state index contributed by atoms with van der Waals surface area (Å²) in [7, 11) is 0. The number of nitrogens with zero attached hydrogens (tertiary/aromatic N) is 1. The summed E-state index contributed by atoms with van der Waals surface area (Å²) in [6.07, 6.45) is 4.84. The van der Waals surface area contributed by atoms with Gasteiger partial charge in [0.1, 0.15) is 11.6 Å². The van der Waals surface area contributed by atoms with E-state index in [1.165, 1.54) is 12.1 Å². The zero-order valence-electron chi connectivity index (χ0n) is 17.7. The van der Waals surface area contributed by atoms with Gasteiger partial charge in [-0.25, -0.2) is 8.78 Å². The largest absolute Gasteiger partial charge is 0.481 e. The number of benzene rings is 1. The van der Waals surface area contributed by atoms with Crippen molar-refractivity contribution in [1.29, 1.82) is 0 Å². The Labute approximate surface area is 181 Å². The van der Waals surface area contributed by atoms with Gasteiger partial charge in [0.25, 0.3) is 0 Å². The first-order valence-electron chi connectivity index (χ1n) is 11.0. The van der Waals surface area contributed by atoms with Crippen molar-refractivity contribution in [1.82, 2.24) is 0 Å². The van der Waals surface area contributed by atoms with Crippen LogP contribution in [0.4, 0.5) is 8.78 Å². The number of aliphatic hydroxyl groups is 2. The standard InChI is InChI=1S/C23H33F2NO5/c24-16-11-15(12-17(25)13-16)7-8-18(27)9-10-19-20(22(28)14-21(19)26-31)5-3-1-2-4-6-23(29)30/h11-13,18-20,22,27-28,31H,1-10,14H2,(H,29,30)/b26-21-/t18-,19+,20+,22-/m0/s1. The monoisotopic (exact) mass is 441 g/mol. The maximum Gasteiger partial charge on any atom is 0.303 e. The van der Waals surface area contributed by atoms with E-state index in [1.807, 2.05) is 0 Å². The highest BCUT2D eigenvalue weighted by Gasteiger charge is 2.39. The minimum Gasteiger partial charge on any atom is -0.481 e. The van der Waals surface area contributed by atoms with Gasteiger partial charge in [0.2, 0.25) is 0 Å². The second-order valence-electron chi connectivity index (χ2n) is 8.53. The molecule has 0 unspecified atom stereocenters. The molecule has 1 aromatic rings. The van der Waals surface area contributed by atoms with Crippen molar-refractivity contribution in [3.05, 3.63) is 35.4 Å². The summed E-state index contributed by atoms with van der Waals surface area (Å²) < 4.78 is 26.6. The fourth-order valence-electron chi connectivity index (χ4n) is 4.54. The summed E-state index contributed by atoms with van der Waals surface area (Å²) in [6, 6.07) is 3.33. The summed E-state index contributed by atoms with van der Waals surface area (Å²) in [5.41, 5.74) is 1.04. The van der Waals surface area contributed by atoms with Crippen molar-refractivity contribution in [2.75, 3.05) is 0 Å². The molecule has 174 valence electrons. The van der Waals surface area contributed by atoms with Crippen LogP contribution in [-0.4, -0.2) is 44.4 Å². The Morgan fingerprint density at radius 2 is 1.74 bits per heavy atom. The number of oxime groups is 1. The Morgan fingerprint density at radius 3 is 2.39 bits per heavy atom. The Morgan fingerprint density at radius 1 is 1.06 bits per heavy atom. The Balaban J connectivity index is 1.79. The molecular weight excluding hydrogens is 408 g/mol. The number of carboxylic acid groups (broad SMARTS) is 1. The highest BCUT2D eigenvalue weighted by atomic mass is 19.1. The SMILES string of the molecule is O=C(O)CCCCCC[C@H]1[C@@H](O)C/C(=N/O)[C@@H]1CC[C@@H](O)CCc1cc(F)cc(F)c1. The van der Waals surface area contributed by atoms with Crippen LogP contribution in [0.3, 0.4) is 0 Å². The number of rotatable bonds is 13. The molecule has 0 aromatic heterocycles. The van der Waals surface area contributed by atoms with Gasteiger partial charge in [0, 0.05) is 24.8 Å². The predicted octanol–water partition coefficient (Wildman–Crippen LogP) is 4.29. The lowest BCUT2D eigenvalue weighted by Crippen LogP contribution is -2.22. The molecule has 1 aliphatic rings. The predicted molar refractivity (Wildman–Crippen MR) is 112 cm³/mol. The summed E-state index contributed by atoms with van der Waals surface area (Å²) in [6.45, 7) is 0. The lowest BCUT2D eigenvalue weighted by Gasteiger charge is -2.23. The smallest absolute Gasteiger partial charge is 0.303 e. The first-order chi connectivity index (χ1) is 14.8. The molecule has 0 aliphatic heterocycles. The highest BCUT2D eigenvalue weighted by Crippen LogP contribution is 2.37. The zero-order chi connectivity index (χ0) is 22.8. The number of unbranched alkanes of at least 4 members (excludes halogenated alkanes) is 3. The third kappa shape index (κ3) is 8.53. The summed E-state index contributed by atoms with van der Waals surface area (Å²) in [5.74, 6) is -2.26. The van der Waals surface area contributed by atoms with Gasteiger partial charge in [-0.05, 0) is 62.1 Å². The molecule has 0 spiro atoms. The molecule has 6 nitrogen and oxygen atoms in total. The van der Waals surface area contributed by atoms with Crippen LogP contribution < -0.4 is 0 Å². The fraction of sp³-hybridized carbons (Fsp3) is 0.652. The molecule has 4 N–H and O–H groups in total. The van der Waals surface area contributed by atoms with Crippen molar-refractivity contribution in [2.45, 2.75) is 82.8 Å². The van der Waals surface area contributed by atoms with Crippen molar-refractivity contribution in [2.24, 2.45) is 17.0 Å². The number of carbonyl (C=O) groups is 1. The molecule has 2 rings (SSSR count). The number of carboxylic acids is 1. The van der Waals surface area contributed by atoms with E-state index in [9.17, 15) is 29.0 Å². The van der Waals surface area contributed by atoms with Crippen LogP contribution in [0.15, 0.2) is 23.4 Å². The van der Waals surface area contributed by atoms with E-state index in [0.717, 1.165) is 31.7 Å². The van der Waals surface area contributed by atoms with Crippen LogP contribution in [0.5, 0.6) is 0 Å². The third-order valence-electron chi connectivity index (χ3n) is 6.16. The number of aliphatic carboxylic acids is 1. The Kier molecular flexibility index (Phi) is 10.3. The molecule has 0 heterocycles. The van der Waals surface area contributed by atoms with E-state index < -0.39 is 29.8 Å². The molecule has 0 amide bonds. The maximum absolute atomic E-state index is 13.3. The number of hydrogen-bond acceptors (Lipinski definition) is 5. The average molecular weight is 442 g/mol. The Bertz CT molecular complexity index is 722. The number of aryl methyl sites for hydroxylation is 1. The number of aliphatic hydroxyl groups excluding tert-OH is 2. The van der Waals surface area contributed by atoms with Gasteiger partial charge < -0.3 is 20.5 Å². The minimum atomic E-state index is -0.795. The van der Waals surface area contributed by atoms with Crippen LogP contribution in [0.25, 0.3) is 0 Å². The summed E-state index contributed by atoms with van der Waals surface area (Å²) in [4.78, 5) is 10.6. The quantitative estimate of drug-likeness (QED) is 0.207. The van der Waals surface area contributed by atoms with Crippen LogP contribution in [0, 0.1) is 23.5 Å². The van der Waals surface area contributed by atoms with Crippen LogP contribution in [-0.2, 0) is 11.2 Å². The van der Waals surface area contributed by atoms with Gasteiger partial charge in [-0.2, -0.15) is 0 Å². The van der Waals surface area contributed by atoms with Crippen molar-refractivity contribution in [3.63, 3.8) is 0 Å². The van der Waals surface area contributed by atoms with Gasteiger partial charge in [-0.1, -0.05) is 24.4 Å². The molecule has 1 aliphatic carbocycles. The van der Waals surface area contributed by atoms with Gasteiger partial charge in [0.15, 0.2) is 0 Å². The molecule has 1 fully saturated rings. The zero-order valence-corrected chi connectivity index (χ0v) is 17.7. The molecule has 1 saturated carbocycles. The Hall–Kier alpha value is -2.06. The van der Waals surface area contributed by atoms with Crippen LogP contribution >= 0.6 is 0 Å². The van der Waals surface area contributed by atoms with Crippen LogP contribution in [0.1, 0.15) is 69.8 Å². The second-order valence-corrected chi connectivity index (χ2v) is 8.53. The first kappa shape index (κ1) is 25.2. The first-order valence-corrected chi connectivity index (χ1v) is 11.0. The second kappa shape index (κ2) is 12.7. The topological polar surface area (TPSA) is 110 Å². The van der Waals surface area contributed by atoms with Crippen molar-refractivity contribution in [3.8, 4) is 0 Å². The van der Waals surface area contributed by atoms with E-state index in [4.69, 9.17) is 5.11 Å². The van der Waals surface area contributed by atoms with E-state index >= 15 is 0 Å². The van der Waals surface area contributed by atoms with E-state index in [0.29, 0.717) is 49.8 Å². The third-order valence-corrected chi connectivity index (χ3v) is 6.16. The number of hydrogen-bond donors (Lipinski definition) is 4. The minimum absolute atomic E-state index is 0.0603. The maximum atomic E-state index is 13.3. The van der Waals surface area contributed by atoms with Crippen molar-refractivity contribution >= 4 is 11.7 Å². The molecule has 8 heteroatoms. The summed E-state index contributed by atoms with van der Waals surface area (Å²) in [5, 5.41) is 42.1. The molecule has 31 heavy (non-hydrogen) atoms.